The zero-order valence-electron chi connectivity index (χ0n) is 17.7. The topological polar surface area (TPSA) is 104 Å². The van der Waals surface area contributed by atoms with Crippen molar-refractivity contribution in [2.24, 2.45) is 7.05 Å². The number of carbonyl (C=O) groups excluding carboxylic acids is 1. The van der Waals surface area contributed by atoms with Crippen LogP contribution in [0.15, 0.2) is 48.7 Å². The first-order valence-corrected chi connectivity index (χ1v) is 10.9. The van der Waals surface area contributed by atoms with Gasteiger partial charge in [-0.3, -0.25) is 9.48 Å². The predicted octanol–water partition coefficient (Wildman–Crippen LogP) is 2.55. The molecular weight excluding hydrogens is 404 g/mol. The van der Waals surface area contributed by atoms with E-state index in [9.17, 15) is 4.79 Å². The lowest BCUT2D eigenvalue weighted by Crippen LogP contribution is -2.51. The molecule has 1 aromatic carbocycles. The highest BCUT2D eigenvalue weighted by molar-refractivity contribution is 6.03. The van der Waals surface area contributed by atoms with Gasteiger partial charge in [0.2, 0.25) is 0 Å². The highest BCUT2D eigenvalue weighted by Gasteiger charge is 2.32. The molecule has 2 aliphatic rings. The molecule has 2 atom stereocenters. The Labute approximate surface area is 184 Å². The van der Waals surface area contributed by atoms with Crippen LogP contribution in [0.2, 0.25) is 0 Å². The van der Waals surface area contributed by atoms with Crippen molar-refractivity contribution < 1.29 is 4.79 Å². The number of anilines is 2. The standard InChI is InChI=1S/C23H24N8O/c1-30-19(22-26-17-4-2-3-5-18(17)27-22)10-20(29-30)28-23(32)14-6-9-21(24-11-14)31-12-15-7-8-16(13-31)25-15/h2-6,9-11,15-16,25H,7-8,12-13H2,1H3,(H,26,27)(H,28,29,32). The first kappa shape index (κ1) is 19.0. The number of pyridine rings is 1. The number of rotatable bonds is 4. The second-order valence-electron chi connectivity index (χ2n) is 8.54. The van der Waals surface area contributed by atoms with Crippen LogP contribution in [0.1, 0.15) is 23.2 Å². The Bertz CT molecular complexity index is 1250. The van der Waals surface area contributed by atoms with Gasteiger partial charge in [-0.2, -0.15) is 5.10 Å². The Morgan fingerprint density at radius 1 is 1.12 bits per heavy atom. The largest absolute Gasteiger partial charge is 0.353 e. The molecule has 0 spiro atoms. The summed E-state index contributed by atoms with van der Waals surface area (Å²) in [6.07, 6.45) is 4.08. The number of hydrogen-bond acceptors (Lipinski definition) is 6. The summed E-state index contributed by atoms with van der Waals surface area (Å²) in [5, 5.41) is 10.9. The summed E-state index contributed by atoms with van der Waals surface area (Å²) >= 11 is 0. The molecule has 6 rings (SSSR count). The lowest BCUT2D eigenvalue weighted by Gasteiger charge is -2.33. The zero-order valence-corrected chi connectivity index (χ0v) is 17.7. The Morgan fingerprint density at radius 2 is 1.94 bits per heavy atom. The van der Waals surface area contributed by atoms with E-state index < -0.39 is 0 Å². The Kier molecular flexibility index (Phi) is 4.43. The third-order valence-electron chi connectivity index (χ3n) is 6.30. The first-order valence-electron chi connectivity index (χ1n) is 10.9. The summed E-state index contributed by atoms with van der Waals surface area (Å²) in [4.78, 5) is 27.5. The summed E-state index contributed by atoms with van der Waals surface area (Å²) in [6, 6.07) is 14.5. The SMILES string of the molecule is Cn1nc(NC(=O)c2ccc(N3CC4CCC(C3)N4)nc2)cc1-c1nc2ccccc2[nH]1. The van der Waals surface area contributed by atoms with Crippen molar-refractivity contribution in [3.05, 3.63) is 54.2 Å². The minimum atomic E-state index is -0.237. The number of fused-ring (bicyclic) bond motifs is 3. The molecule has 3 aromatic heterocycles. The molecule has 2 aliphatic heterocycles. The number of carbonyl (C=O) groups is 1. The molecule has 2 bridgehead atoms. The average molecular weight is 429 g/mol. The quantitative estimate of drug-likeness (QED) is 0.462. The summed E-state index contributed by atoms with van der Waals surface area (Å²) < 4.78 is 1.70. The number of benzene rings is 1. The number of hydrogen-bond donors (Lipinski definition) is 3. The molecule has 2 saturated heterocycles. The van der Waals surface area contributed by atoms with Crippen molar-refractivity contribution in [3.8, 4) is 11.5 Å². The Morgan fingerprint density at radius 3 is 2.69 bits per heavy atom. The Balaban J connectivity index is 1.17. The van der Waals surface area contributed by atoms with Gasteiger partial charge in [0.05, 0.1) is 16.6 Å². The third kappa shape index (κ3) is 3.40. The minimum absolute atomic E-state index is 0.237. The van der Waals surface area contributed by atoms with Crippen LogP contribution in [-0.4, -0.2) is 55.8 Å². The third-order valence-corrected chi connectivity index (χ3v) is 6.30. The maximum Gasteiger partial charge on any atom is 0.258 e. The molecule has 0 aliphatic carbocycles. The molecule has 5 heterocycles. The van der Waals surface area contributed by atoms with Gasteiger partial charge in [0, 0.05) is 44.5 Å². The van der Waals surface area contributed by atoms with E-state index in [4.69, 9.17) is 0 Å². The lowest BCUT2D eigenvalue weighted by atomic mass is 10.2. The van der Waals surface area contributed by atoms with Gasteiger partial charge in [0.1, 0.15) is 11.5 Å². The molecular formula is C23H24N8O. The van der Waals surface area contributed by atoms with Crippen LogP contribution >= 0.6 is 0 Å². The normalized spacial score (nSPS) is 20.1. The second kappa shape index (κ2) is 7.45. The van der Waals surface area contributed by atoms with Crippen molar-refractivity contribution in [2.45, 2.75) is 24.9 Å². The number of amides is 1. The van der Waals surface area contributed by atoms with Crippen LogP contribution < -0.4 is 15.5 Å². The summed E-state index contributed by atoms with van der Waals surface area (Å²) in [5.74, 6) is 1.86. The highest BCUT2D eigenvalue weighted by atomic mass is 16.1. The molecule has 32 heavy (non-hydrogen) atoms. The molecule has 0 radical (unpaired) electrons. The number of para-hydroxylation sites is 2. The number of aromatic nitrogens is 5. The van der Waals surface area contributed by atoms with Gasteiger partial charge in [-0.15, -0.1) is 0 Å². The highest BCUT2D eigenvalue weighted by Crippen LogP contribution is 2.25. The summed E-state index contributed by atoms with van der Waals surface area (Å²) in [5.41, 5.74) is 3.14. The van der Waals surface area contributed by atoms with Crippen LogP contribution in [0.25, 0.3) is 22.6 Å². The van der Waals surface area contributed by atoms with E-state index in [-0.39, 0.29) is 5.91 Å². The van der Waals surface area contributed by atoms with Gasteiger partial charge >= 0.3 is 0 Å². The molecule has 4 aromatic rings. The van der Waals surface area contributed by atoms with E-state index in [0.717, 1.165) is 35.6 Å². The fourth-order valence-electron chi connectivity index (χ4n) is 4.70. The monoisotopic (exact) mass is 428 g/mol. The molecule has 0 saturated carbocycles. The molecule has 1 amide bonds. The van der Waals surface area contributed by atoms with Crippen molar-refractivity contribution >= 4 is 28.6 Å². The smallest absolute Gasteiger partial charge is 0.258 e. The number of nitrogens with zero attached hydrogens (tertiary/aromatic N) is 5. The van der Waals surface area contributed by atoms with E-state index >= 15 is 0 Å². The van der Waals surface area contributed by atoms with Crippen molar-refractivity contribution in [2.75, 3.05) is 23.3 Å². The summed E-state index contributed by atoms with van der Waals surface area (Å²) in [7, 11) is 1.83. The number of H-pyrrole nitrogens is 1. The van der Waals surface area contributed by atoms with Crippen molar-refractivity contribution in [3.63, 3.8) is 0 Å². The molecule has 2 unspecified atom stereocenters. The maximum atomic E-state index is 12.8. The van der Waals surface area contributed by atoms with Gasteiger partial charge in [-0.05, 0) is 37.1 Å². The van der Waals surface area contributed by atoms with E-state index in [1.165, 1.54) is 12.8 Å². The van der Waals surface area contributed by atoms with Crippen LogP contribution in [0, 0.1) is 0 Å². The fourth-order valence-corrected chi connectivity index (χ4v) is 4.70. The molecule has 2 fully saturated rings. The van der Waals surface area contributed by atoms with E-state index in [1.807, 2.05) is 49.5 Å². The van der Waals surface area contributed by atoms with E-state index in [1.54, 1.807) is 10.9 Å². The fraction of sp³-hybridized carbons (Fsp3) is 0.304. The number of aryl methyl sites for hydroxylation is 1. The van der Waals surface area contributed by atoms with E-state index in [2.05, 4.69) is 35.6 Å². The number of aromatic amines is 1. The van der Waals surface area contributed by atoms with Gasteiger partial charge < -0.3 is 20.5 Å². The van der Waals surface area contributed by atoms with Gasteiger partial charge in [-0.1, -0.05) is 12.1 Å². The second-order valence-corrected chi connectivity index (χ2v) is 8.54. The minimum Gasteiger partial charge on any atom is -0.353 e. The number of imidazole rings is 1. The van der Waals surface area contributed by atoms with Crippen molar-refractivity contribution in [1.82, 2.24) is 30.0 Å². The number of piperazine rings is 1. The predicted molar refractivity (Wildman–Crippen MR) is 123 cm³/mol. The first-order chi connectivity index (χ1) is 15.6. The maximum absolute atomic E-state index is 12.8. The Hall–Kier alpha value is -3.72. The van der Waals surface area contributed by atoms with Crippen LogP contribution in [0.4, 0.5) is 11.6 Å². The van der Waals surface area contributed by atoms with Crippen LogP contribution in [-0.2, 0) is 7.05 Å². The van der Waals surface area contributed by atoms with Gasteiger partial charge in [0.25, 0.3) is 5.91 Å². The lowest BCUT2D eigenvalue weighted by molar-refractivity contribution is 0.102. The zero-order chi connectivity index (χ0) is 21.7. The molecule has 3 N–H and O–H groups in total. The molecule has 9 heteroatoms. The van der Waals surface area contributed by atoms with Crippen LogP contribution in [0.5, 0.6) is 0 Å². The van der Waals surface area contributed by atoms with Gasteiger partial charge in [-0.25, -0.2) is 9.97 Å². The number of nitrogens with one attached hydrogen (secondary N) is 3. The summed E-state index contributed by atoms with van der Waals surface area (Å²) in [6.45, 7) is 1.93. The molecule has 9 nitrogen and oxygen atoms in total. The van der Waals surface area contributed by atoms with E-state index in [0.29, 0.717) is 29.3 Å². The van der Waals surface area contributed by atoms with Gasteiger partial charge in [0.15, 0.2) is 11.6 Å². The van der Waals surface area contributed by atoms with Crippen molar-refractivity contribution in [1.29, 1.82) is 0 Å². The molecule has 162 valence electrons. The van der Waals surface area contributed by atoms with Crippen LogP contribution in [0.3, 0.4) is 0 Å². The average Bonchev–Trinajstić information content (AvgIpc) is 3.49.